The Morgan fingerprint density at radius 2 is 2.19 bits per heavy atom. The van der Waals surface area contributed by atoms with Crippen molar-refractivity contribution < 1.29 is 0 Å². The smallest absolute Gasteiger partial charge is 0.0991 e. The summed E-state index contributed by atoms with van der Waals surface area (Å²) >= 11 is 0. The van der Waals surface area contributed by atoms with Gasteiger partial charge in [-0.15, -0.1) is 0 Å². The molecule has 2 N–H and O–H groups in total. The third kappa shape index (κ3) is 3.06. The molecule has 0 saturated carbocycles. The summed E-state index contributed by atoms with van der Waals surface area (Å²) in [6, 6.07) is 10.5. The molecule has 1 aliphatic rings. The lowest BCUT2D eigenvalue weighted by Crippen LogP contribution is -2.42. The first kappa shape index (κ1) is 11.1. The van der Waals surface area contributed by atoms with Crippen LogP contribution in [0.1, 0.15) is 24.0 Å². The molecule has 0 amide bonds. The third-order valence-corrected chi connectivity index (χ3v) is 2.97. The summed E-state index contributed by atoms with van der Waals surface area (Å²) in [4.78, 5) is 0. The molecule has 1 aromatic rings. The van der Waals surface area contributed by atoms with Gasteiger partial charge in [0.2, 0.25) is 0 Å². The fraction of sp³-hybridized carbons (Fsp3) is 0.462. The highest BCUT2D eigenvalue weighted by Crippen LogP contribution is 2.06. The van der Waals surface area contributed by atoms with Gasteiger partial charge in [-0.05, 0) is 37.1 Å². The van der Waals surface area contributed by atoms with E-state index in [0.29, 0.717) is 6.04 Å². The average Bonchev–Trinajstić information content (AvgIpc) is 2.38. The summed E-state index contributed by atoms with van der Waals surface area (Å²) in [5.41, 5.74) is 1.97. The van der Waals surface area contributed by atoms with E-state index in [9.17, 15) is 0 Å². The Balaban J connectivity index is 1.82. The van der Waals surface area contributed by atoms with Gasteiger partial charge in [0.1, 0.15) is 0 Å². The average molecular weight is 215 g/mol. The number of nitriles is 1. The van der Waals surface area contributed by atoms with Gasteiger partial charge < -0.3 is 10.6 Å². The van der Waals surface area contributed by atoms with Crippen molar-refractivity contribution in [3.63, 3.8) is 0 Å². The molecule has 1 heterocycles. The SMILES string of the molecule is N#Cc1ccc(CN[C@H]2CCCNC2)cc1. The highest BCUT2D eigenvalue weighted by Gasteiger charge is 2.11. The highest BCUT2D eigenvalue weighted by atomic mass is 15.0. The molecule has 1 aliphatic heterocycles. The van der Waals surface area contributed by atoms with Crippen molar-refractivity contribution >= 4 is 0 Å². The molecule has 3 heteroatoms. The lowest BCUT2D eigenvalue weighted by molar-refractivity contribution is 0.389. The van der Waals surface area contributed by atoms with Crippen molar-refractivity contribution in [1.29, 1.82) is 5.26 Å². The third-order valence-electron chi connectivity index (χ3n) is 2.97. The standard InChI is InChI=1S/C13H17N3/c14-8-11-3-5-12(6-4-11)9-16-13-2-1-7-15-10-13/h3-6,13,15-16H,1-2,7,9-10H2/t13-/m0/s1. The van der Waals surface area contributed by atoms with Crippen LogP contribution in [0.3, 0.4) is 0 Å². The molecule has 0 unspecified atom stereocenters. The van der Waals surface area contributed by atoms with E-state index < -0.39 is 0 Å². The Morgan fingerprint density at radius 1 is 1.38 bits per heavy atom. The summed E-state index contributed by atoms with van der Waals surface area (Å²) in [6.07, 6.45) is 2.51. The van der Waals surface area contributed by atoms with E-state index in [4.69, 9.17) is 5.26 Å². The molecule has 0 aliphatic carbocycles. The van der Waals surface area contributed by atoms with Crippen molar-refractivity contribution in [2.24, 2.45) is 0 Å². The van der Waals surface area contributed by atoms with Gasteiger partial charge in [-0.1, -0.05) is 12.1 Å². The lowest BCUT2D eigenvalue weighted by Gasteiger charge is -2.23. The fourth-order valence-electron chi connectivity index (χ4n) is 1.99. The van der Waals surface area contributed by atoms with Crippen LogP contribution in [-0.2, 0) is 6.54 Å². The zero-order valence-corrected chi connectivity index (χ0v) is 9.37. The van der Waals surface area contributed by atoms with Gasteiger partial charge in [-0.2, -0.15) is 5.26 Å². The number of hydrogen-bond acceptors (Lipinski definition) is 3. The van der Waals surface area contributed by atoms with Gasteiger partial charge in [0.15, 0.2) is 0 Å². The second kappa shape index (κ2) is 5.64. The number of rotatable bonds is 3. The zero-order chi connectivity index (χ0) is 11.2. The summed E-state index contributed by atoms with van der Waals surface area (Å²) < 4.78 is 0. The highest BCUT2D eigenvalue weighted by molar-refractivity contribution is 5.31. The quantitative estimate of drug-likeness (QED) is 0.801. The molecule has 1 atom stereocenters. The van der Waals surface area contributed by atoms with E-state index in [2.05, 4.69) is 16.7 Å². The van der Waals surface area contributed by atoms with Crippen LogP contribution < -0.4 is 10.6 Å². The minimum Gasteiger partial charge on any atom is -0.315 e. The molecular formula is C13H17N3. The summed E-state index contributed by atoms with van der Waals surface area (Å²) in [5, 5.41) is 15.6. The van der Waals surface area contributed by atoms with Gasteiger partial charge >= 0.3 is 0 Å². The Morgan fingerprint density at radius 3 is 2.81 bits per heavy atom. The van der Waals surface area contributed by atoms with Crippen LogP contribution >= 0.6 is 0 Å². The molecule has 1 aromatic carbocycles. The van der Waals surface area contributed by atoms with Crippen LogP contribution in [0.2, 0.25) is 0 Å². The molecular weight excluding hydrogens is 198 g/mol. The Bertz CT molecular complexity index is 358. The van der Waals surface area contributed by atoms with Crippen molar-refractivity contribution in [3.05, 3.63) is 35.4 Å². The van der Waals surface area contributed by atoms with Crippen molar-refractivity contribution in [1.82, 2.24) is 10.6 Å². The van der Waals surface area contributed by atoms with E-state index in [1.807, 2.05) is 24.3 Å². The molecule has 0 spiro atoms. The van der Waals surface area contributed by atoms with E-state index in [0.717, 1.165) is 25.2 Å². The summed E-state index contributed by atoms with van der Waals surface area (Å²) in [6.45, 7) is 3.10. The number of benzene rings is 1. The second-order valence-corrected chi connectivity index (χ2v) is 4.23. The zero-order valence-electron chi connectivity index (χ0n) is 9.37. The van der Waals surface area contributed by atoms with Crippen LogP contribution in [0.4, 0.5) is 0 Å². The van der Waals surface area contributed by atoms with Crippen LogP contribution in [-0.4, -0.2) is 19.1 Å². The van der Waals surface area contributed by atoms with Gasteiger partial charge in [0, 0.05) is 19.1 Å². The maximum absolute atomic E-state index is 8.69. The first-order valence-electron chi connectivity index (χ1n) is 5.81. The minimum atomic E-state index is 0.587. The van der Waals surface area contributed by atoms with Crippen LogP contribution in [0.5, 0.6) is 0 Å². The first-order valence-corrected chi connectivity index (χ1v) is 5.81. The normalized spacial score (nSPS) is 20.3. The minimum absolute atomic E-state index is 0.587. The number of piperidine rings is 1. The van der Waals surface area contributed by atoms with Gasteiger partial charge in [-0.25, -0.2) is 0 Å². The molecule has 0 radical (unpaired) electrons. The van der Waals surface area contributed by atoms with Crippen LogP contribution in [0.15, 0.2) is 24.3 Å². The monoisotopic (exact) mass is 215 g/mol. The second-order valence-electron chi connectivity index (χ2n) is 4.23. The van der Waals surface area contributed by atoms with Gasteiger partial charge in [0.05, 0.1) is 11.6 Å². The van der Waals surface area contributed by atoms with Crippen molar-refractivity contribution in [2.75, 3.05) is 13.1 Å². The molecule has 84 valence electrons. The Kier molecular flexibility index (Phi) is 3.92. The number of hydrogen-bond donors (Lipinski definition) is 2. The maximum atomic E-state index is 8.69. The largest absolute Gasteiger partial charge is 0.315 e. The molecule has 16 heavy (non-hydrogen) atoms. The van der Waals surface area contributed by atoms with Crippen molar-refractivity contribution in [3.8, 4) is 6.07 Å². The van der Waals surface area contributed by atoms with Crippen LogP contribution in [0.25, 0.3) is 0 Å². The summed E-state index contributed by atoms with van der Waals surface area (Å²) in [7, 11) is 0. The van der Waals surface area contributed by atoms with E-state index in [1.165, 1.54) is 18.4 Å². The fourth-order valence-corrected chi connectivity index (χ4v) is 1.99. The lowest BCUT2D eigenvalue weighted by atomic mass is 10.1. The molecule has 3 nitrogen and oxygen atoms in total. The Hall–Kier alpha value is -1.37. The maximum Gasteiger partial charge on any atom is 0.0991 e. The van der Waals surface area contributed by atoms with E-state index >= 15 is 0 Å². The predicted molar refractivity (Wildman–Crippen MR) is 63.9 cm³/mol. The Labute approximate surface area is 96.5 Å². The van der Waals surface area contributed by atoms with Gasteiger partial charge in [0.25, 0.3) is 0 Å². The molecule has 0 bridgehead atoms. The predicted octanol–water partition coefficient (Wildman–Crippen LogP) is 1.40. The molecule has 1 fully saturated rings. The van der Waals surface area contributed by atoms with E-state index in [1.54, 1.807) is 0 Å². The summed E-state index contributed by atoms with van der Waals surface area (Å²) in [5.74, 6) is 0. The van der Waals surface area contributed by atoms with E-state index in [-0.39, 0.29) is 0 Å². The molecule has 2 rings (SSSR count). The van der Waals surface area contributed by atoms with Crippen LogP contribution in [0, 0.1) is 11.3 Å². The first-order chi connectivity index (χ1) is 7.88. The number of nitrogens with zero attached hydrogens (tertiary/aromatic N) is 1. The topological polar surface area (TPSA) is 47.9 Å². The molecule has 0 aromatic heterocycles. The molecule has 1 saturated heterocycles. The van der Waals surface area contributed by atoms with Gasteiger partial charge in [-0.3, -0.25) is 0 Å². The number of nitrogens with one attached hydrogen (secondary N) is 2. The van der Waals surface area contributed by atoms with Crippen molar-refractivity contribution in [2.45, 2.75) is 25.4 Å².